The van der Waals surface area contributed by atoms with Crippen LogP contribution in [0.1, 0.15) is 35.6 Å². The fourth-order valence-corrected chi connectivity index (χ4v) is 10.0. The number of aliphatic carboxylic acids is 1. The van der Waals surface area contributed by atoms with Crippen molar-refractivity contribution in [1.29, 1.82) is 0 Å². The molecule has 3 fully saturated rings. The highest BCUT2D eigenvalue weighted by Crippen LogP contribution is 2.68. The molecule has 2 aliphatic heterocycles. The molecule has 3 N–H and O–H groups in total. The number of carbonyl (C=O) groups excluding carboxylic acids is 2. The van der Waals surface area contributed by atoms with Crippen LogP contribution in [0, 0.1) is 29.6 Å². The third-order valence-corrected chi connectivity index (χ3v) is 11.0. The Hall–Kier alpha value is -2.99. The van der Waals surface area contributed by atoms with Gasteiger partial charge in [-0.1, -0.05) is 11.3 Å². The second kappa shape index (κ2) is 8.80. The van der Waals surface area contributed by atoms with Crippen LogP contribution in [0.2, 0.25) is 0 Å². The number of aromatic nitrogens is 1. The number of thiazole rings is 1. The number of carbonyl (C=O) groups is 3. The van der Waals surface area contributed by atoms with Crippen LogP contribution in [-0.4, -0.2) is 63.9 Å². The molecule has 0 radical (unpaired) electrons. The highest BCUT2D eigenvalue weighted by molar-refractivity contribution is 8.00. The molecule has 1 aromatic heterocycles. The molecular weight excluding hydrogens is 520 g/mol. The average Bonchev–Trinajstić information content (AvgIpc) is 3.59. The number of rotatable bonds is 7. The largest absolute Gasteiger partial charge is 0.502 e. The van der Waals surface area contributed by atoms with Gasteiger partial charge >= 0.3 is 10.8 Å². The molecular formula is C25H26N2O8S2. The maximum atomic E-state index is 13.5. The molecule has 7 atom stereocenters. The number of fused-ring (bicyclic) bond motifs is 9. The van der Waals surface area contributed by atoms with E-state index < -0.39 is 17.8 Å². The highest BCUT2D eigenvalue weighted by atomic mass is 32.2. The average molecular weight is 547 g/mol. The number of phenols is 1. The third-order valence-electron chi connectivity index (χ3n) is 8.45. The zero-order valence-corrected chi connectivity index (χ0v) is 21.8. The number of amides is 2. The van der Waals surface area contributed by atoms with Crippen LogP contribution in [0.4, 0.5) is 0 Å². The molecule has 10 nitrogen and oxygen atoms in total. The van der Waals surface area contributed by atoms with Crippen LogP contribution >= 0.6 is 23.1 Å². The molecule has 1 saturated heterocycles. The summed E-state index contributed by atoms with van der Waals surface area (Å²) >= 11 is 2.74. The number of carboxylic acid groups (broad SMARTS) is 1. The maximum absolute atomic E-state index is 13.5. The summed E-state index contributed by atoms with van der Waals surface area (Å²) in [4.78, 5) is 55.2. The lowest BCUT2D eigenvalue weighted by molar-refractivity contribution is -0.142. The number of H-pyrrole nitrogens is 1. The standard InChI is InChI=1S/C25H26N2O8S2/c1-34-12-6-9(7-13(35-2)19(12)30)15-16-10-8-11(20(16)36-22-21(15)37-25(33)26-22)18-17(10)23(31)27(24(18)32)5-3-4-14(28)29/h6-7,10-11,15-18,20,30H,3-5,8H2,1-2H3,(H,26,33)(H,28,29)/t10-,11+,15-,16-,17+,18+,20-/m1/s1. The van der Waals surface area contributed by atoms with Gasteiger partial charge < -0.3 is 24.7 Å². The second-order valence-electron chi connectivity index (χ2n) is 10.1. The molecule has 196 valence electrons. The summed E-state index contributed by atoms with van der Waals surface area (Å²) in [5, 5.41) is 20.3. The van der Waals surface area contributed by atoms with Crippen molar-refractivity contribution in [3.63, 3.8) is 0 Å². The fourth-order valence-electron chi connectivity index (χ4n) is 7.15. The number of aromatic amines is 1. The van der Waals surface area contributed by atoms with Crippen molar-refractivity contribution < 1.29 is 34.1 Å². The van der Waals surface area contributed by atoms with E-state index in [9.17, 15) is 24.3 Å². The van der Waals surface area contributed by atoms with Crippen LogP contribution in [0.5, 0.6) is 17.2 Å². The number of aromatic hydroxyl groups is 1. The van der Waals surface area contributed by atoms with Gasteiger partial charge in [0.1, 0.15) is 0 Å². The number of hydrogen-bond acceptors (Lipinski definition) is 9. The summed E-state index contributed by atoms with van der Waals surface area (Å²) in [6, 6.07) is 3.51. The number of nitrogens with zero attached hydrogens (tertiary/aromatic N) is 1. The van der Waals surface area contributed by atoms with E-state index in [4.69, 9.17) is 14.6 Å². The monoisotopic (exact) mass is 546 g/mol. The molecule has 3 heterocycles. The van der Waals surface area contributed by atoms with E-state index in [1.807, 2.05) is 0 Å². The zero-order chi connectivity index (χ0) is 26.2. The molecule has 2 amide bonds. The maximum Gasteiger partial charge on any atom is 0.305 e. The van der Waals surface area contributed by atoms with Crippen LogP contribution in [0.15, 0.2) is 22.0 Å². The van der Waals surface area contributed by atoms with E-state index in [-0.39, 0.29) is 82.2 Å². The van der Waals surface area contributed by atoms with E-state index in [0.29, 0.717) is 0 Å². The number of thioether (sulfide) groups is 1. The van der Waals surface area contributed by atoms with E-state index in [2.05, 4.69) is 4.98 Å². The van der Waals surface area contributed by atoms with Gasteiger partial charge in [0, 0.05) is 29.0 Å². The summed E-state index contributed by atoms with van der Waals surface area (Å²) in [6.07, 6.45) is 0.887. The Morgan fingerprint density at radius 2 is 1.76 bits per heavy atom. The molecule has 1 aromatic carbocycles. The Bertz CT molecular complexity index is 1340. The first-order chi connectivity index (χ1) is 17.7. The number of methoxy groups -OCH3 is 2. The van der Waals surface area contributed by atoms with Crippen molar-refractivity contribution >= 4 is 40.9 Å². The lowest BCUT2D eigenvalue weighted by Crippen LogP contribution is -2.42. The Morgan fingerprint density at radius 3 is 2.38 bits per heavy atom. The molecule has 6 rings (SSSR count). The van der Waals surface area contributed by atoms with Crippen molar-refractivity contribution in [3.05, 3.63) is 32.2 Å². The first-order valence-electron chi connectivity index (χ1n) is 12.2. The van der Waals surface area contributed by atoms with Crippen molar-refractivity contribution in [3.8, 4) is 17.2 Å². The number of carboxylic acids is 1. The number of nitrogens with one attached hydrogen (secondary N) is 1. The molecule has 2 aromatic rings. The minimum atomic E-state index is -0.954. The Morgan fingerprint density at radius 1 is 1.11 bits per heavy atom. The fraction of sp³-hybridized carbons (Fsp3) is 0.520. The first kappa shape index (κ1) is 24.4. The number of likely N-dealkylation sites (tertiary alicyclic amines) is 1. The van der Waals surface area contributed by atoms with Crippen LogP contribution < -0.4 is 14.3 Å². The lowest BCUT2D eigenvalue weighted by Gasteiger charge is -2.43. The number of ether oxygens (including phenoxy) is 2. The van der Waals surface area contributed by atoms with Gasteiger partial charge in [-0.2, -0.15) is 0 Å². The third kappa shape index (κ3) is 3.52. The Balaban J connectivity index is 1.41. The topological polar surface area (TPSA) is 146 Å². The normalized spacial score (nSPS) is 31.3. The molecule has 2 saturated carbocycles. The number of imide groups is 1. The molecule has 12 heteroatoms. The van der Waals surface area contributed by atoms with Crippen molar-refractivity contribution in [2.24, 2.45) is 29.6 Å². The quantitative estimate of drug-likeness (QED) is 0.446. The minimum Gasteiger partial charge on any atom is -0.502 e. The number of phenolic OH excluding ortho intramolecular Hbond substituents is 1. The summed E-state index contributed by atoms with van der Waals surface area (Å²) < 4.78 is 10.8. The van der Waals surface area contributed by atoms with Crippen LogP contribution in [0.3, 0.4) is 0 Å². The van der Waals surface area contributed by atoms with E-state index in [0.717, 1.165) is 33.2 Å². The summed E-state index contributed by atoms with van der Waals surface area (Å²) in [5.41, 5.74) is 0.817. The molecule has 2 aliphatic carbocycles. The summed E-state index contributed by atoms with van der Waals surface area (Å²) in [5.74, 6) is -2.14. The first-order valence-corrected chi connectivity index (χ1v) is 13.9. The molecule has 37 heavy (non-hydrogen) atoms. The summed E-state index contributed by atoms with van der Waals surface area (Å²) in [7, 11) is 2.92. The molecule has 0 spiro atoms. The molecule has 4 aliphatic rings. The van der Waals surface area contributed by atoms with Crippen LogP contribution in [-0.2, 0) is 14.4 Å². The predicted octanol–water partition coefficient (Wildman–Crippen LogP) is 2.50. The van der Waals surface area contributed by atoms with Gasteiger partial charge in [-0.25, -0.2) is 0 Å². The van der Waals surface area contributed by atoms with Gasteiger partial charge in [-0.3, -0.25) is 24.1 Å². The second-order valence-corrected chi connectivity index (χ2v) is 12.3. The smallest absolute Gasteiger partial charge is 0.305 e. The lowest BCUT2D eigenvalue weighted by atomic mass is 9.68. The van der Waals surface area contributed by atoms with Gasteiger partial charge in [0.25, 0.3) is 0 Å². The highest BCUT2D eigenvalue weighted by Gasteiger charge is 2.69. The SMILES string of the molecule is COc1cc([C@H]2c3sc(=O)[nH]c3S[C@@H]3[C@H]4C[C@@H]([C@@H]5C(=O)N(CCCC(=O)O)C(=O)[C@@H]45)[C@H]23)cc(OC)c1O. The van der Waals surface area contributed by atoms with Crippen molar-refractivity contribution in [2.75, 3.05) is 20.8 Å². The minimum absolute atomic E-state index is 0.00938. The van der Waals surface area contributed by atoms with E-state index >= 15 is 0 Å². The number of benzene rings is 1. The van der Waals surface area contributed by atoms with Gasteiger partial charge in [0.2, 0.25) is 17.6 Å². The predicted molar refractivity (Wildman–Crippen MR) is 133 cm³/mol. The van der Waals surface area contributed by atoms with Gasteiger partial charge in [-0.15, -0.1) is 11.8 Å². The van der Waals surface area contributed by atoms with Gasteiger partial charge in [0.15, 0.2) is 11.5 Å². The van der Waals surface area contributed by atoms with Crippen molar-refractivity contribution in [2.45, 2.75) is 35.5 Å². The molecule has 0 unspecified atom stereocenters. The zero-order valence-electron chi connectivity index (χ0n) is 20.1. The van der Waals surface area contributed by atoms with E-state index in [1.54, 1.807) is 23.9 Å². The Labute approximate surface area is 220 Å². The van der Waals surface area contributed by atoms with Gasteiger partial charge in [0.05, 0.1) is 31.1 Å². The van der Waals surface area contributed by atoms with E-state index in [1.165, 1.54) is 19.1 Å². The van der Waals surface area contributed by atoms with Crippen LogP contribution in [0.25, 0.3) is 0 Å². The summed E-state index contributed by atoms with van der Waals surface area (Å²) in [6.45, 7) is 0.120. The van der Waals surface area contributed by atoms with Crippen molar-refractivity contribution in [1.82, 2.24) is 9.88 Å². The van der Waals surface area contributed by atoms with Gasteiger partial charge in [-0.05, 0) is 48.3 Å². The molecule has 2 bridgehead atoms. The Kier molecular flexibility index (Phi) is 5.79. The number of hydrogen-bond donors (Lipinski definition) is 3.